The molecule has 2 amide bonds. The molecule has 1 aromatic heterocycles. The average molecular weight is 348 g/mol. The number of piperidine rings is 1. The van der Waals surface area contributed by atoms with E-state index >= 15 is 0 Å². The molecule has 0 bridgehead atoms. The van der Waals surface area contributed by atoms with Gasteiger partial charge in [0.15, 0.2) is 0 Å². The van der Waals surface area contributed by atoms with E-state index in [1.54, 1.807) is 33.0 Å². The molecule has 25 heavy (non-hydrogen) atoms. The first-order valence-corrected chi connectivity index (χ1v) is 8.72. The van der Waals surface area contributed by atoms with Gasteiger partial charge in [0.25, 0.3) is 0 Å². The summed E-state index contributed by atoms with van der Waals surface area (Å²) in [5.41, 5.74) is 1.19. The molecule has 1 aliphatic rings. The number of amides is 2. The molecule has 0 saturated carbocycles. The van der Waals surface area contributed by atoms with Crippen molar-refractivity contribution in [1.82, 2.24) is 9.88 Å². The standard InChI is InChI=1S/C18H28N4O3/c1-13-15(21-16(23)12-22-8-6-5-7-9-22)10-14(11-19-13)20-17(24)25-18(2,3)4/h10-11H,5-9,12H2,1-4H3,(H,20,24)(H,21,23). The van der Waals surface area contributed by atoms with E-state index in [-0.39, 0.29) is 5.91 Å². The van der Waals surface area contributed by atoms with Crippen molar-refractivity contribution in [2.24, 2.45) is 0 Å². The van der Waals surface area contributed by atoms with E-state index in [2.05, 4.69) is 20.5 Å². The van der Waals surface area contributed by atoms with Gasteiger partial charge in [0.2, 0.25) is 5.91 Å². The number of nitrogens with one attached hydrogen (secondary N) is 2. The van der Waals surface area contributed by atoms with E-state index in [0.29, 0.717) is 23.6 Å². The van der Waals surface area contributed by atoms with Gasteiger partial charge in [0, 0.05) is 0 Å². The smallest absolute Gasteiger partial charge is 0.412 e. The Morgan fingerprint density at radius 1 is 1.20 bits per heavy atom. The fraction of sp³-hybridized carbons (Fsp3) is 0.611. The molecule has 2 N–H and O–H groups in total. The third-order valence-corrected chi connectivity index (χ3v) is 3.82. The Morgan fingerprint density at radius 3 is 2.52 bits per heavy atom. The topological polar surface area (TPSA) is 83.6 Å². The van der Waals surface area contributed by atoms with Gasteiger partial charge in [-0.15, -0.1) is 0 Å². The Bertz CT molecular complexity index is 619. The Labute approximate surface area is 149 Å². The van der Waals surface area contributed by atoms with Gasteiger partial charge in [0.05, 0.1) is 29.8 Å². The molecule has 7 nitrogen and oxygen atoms in total. The summed E-state index contributed by atoms with van der Waals surface area (Å²) in [4.78, 5) is 30.5. The Balaban J connectivity index is 1.95. The lowest BCUT2D eigenvalue weighted by atomic mass is 10.1. The number of rotatable bonds is 4. The van der Waals surface area contributed by atoms with Gasteiger partial charge < -0.3 is 10.1 Å². The van der Waals surface area contributed by atoms with E-state index < -0.39 is 11.7 Å². The Kier molecular flexibility index (Phi) is 6.36. The summed E-state index contributed by atoms with van der Waals surface area (Å²) in [6.07, 6.45) is 4.51. The third kappa shape index (κ3) is 6.70. The van der Waals surface area contributed by atoms with E-state index in [0.717, 1.165) is 25.9 Å². The molecule has 2 rings (SSSR count). The van der Waals surface area contributed by atoms with Crippen LogP contribution in [0.4, 0.5) is 16.2 Å². The zero-order valence-electron chi connectivity index (χ0n) is 15.5. The number of carbonyl (C=O) groups excluding carboxylic acids is 2. The monoisotopic (exact) mass is 348 g/mol. The van der Waals surface area contributed by atoms with Crippen LogP contribution in [0.25, 0.3) is 0 Å². The molecule has 1 fully saturated rings. The van der Waals surface area contributed by atoms with E-state index in [9.17, 15) is 9.59 Å². The van der Waals surface area contributed by atoms with Crippen molar-refractivity contribution in [3.63, 3.8) is 0 Å². The number of hydrogen-bond acceptors (Lipinski definition) is 5. The first-order chi connectivity index (χ1) is 11.7. The largest absolute Gasteiger partial charge is 0.444 e. The van der Waals surface area contributed by atoms with Crippen molar-refractivity contribution in [2.75, 3.05) is 30.3 Å². The van der Waals surface area contributed by atoms with Crippen LogP contribution in [0.3, 0.4) is 0 Å². The van der Waals surface area contributed by atoms with Crippen molar-refractivity contribution in [1.29, 1.82) is 0 Å². The highest BCUT2D eigenvalue weighted by atomic mass is 16.6. The molecule has 0 radical (unpaired) electrons. The molecule has 0 atom stereocenters. The maximum Gasteiger partial charge on any atom is 0.412 e. The van der Waals surface area contributed by atoms with Crippen LogP contribution in [-0.2, 0) is 9.53 Å². The van der Waals surface area contributed by atoms with Crippen LogP contribution >= 0.6 is 0 Å². The van der Waals surface area contributed by atoms with Crippen LogP contribution in [0.1, 0.15) is 45.7 Å². The van der Waals surface area contributed by atoms with Gasteiger partial charge in [-0.25, -0.2) is 4.79 Å². The molecule has 0 aliphatic carbocycles. The first-order valence-electron chi connectivity index (χ1n) is 8.72. The van der Waals surface area contributed by atoms with Crippen LogP contribution in [0, 0.1) is 6.92 Å². The number of aryl methyl sites for hydroxylation is 1. The summed E-state index contributed by atoms with van der Waals surface area (Å²) >= 11 is 0. The predicted octanol–water partition coefficient (Wildman–Crippen LogP) is 3.16. The van der Waals surface area contributed by atoms with Gasteiger partial charge in [-0.1, -0.05) is 6.42 Å². The van der Waals surface area contributed by atoms with Crippen LogP contribution < -0.4 is 10.6 Å². The molecule has 2 heterocycles. The highest BCUT2D eigenvalue weighted by molar-refractivity contribution is 5.94. The van der Waals surface area contributed by atoms with Crippen LogP contribution in [0.15, 0.2) is 12.3 Å². The second-order valence-corrected chi connectivity index (χ2v) is 7.37. The fourth-order valence-corrected chi connectivity index (χ4v) is 2.66. The van der Waals surface area contributed by atoms with Crippen molar-refractivity contribution in [3.05, 3.63) is 18.0 Å². The van der Waals surface area contributed by atoms with Crippen molar-refractivity contribution in [2.45, 2.75) is 52.6 Å². The van der Waals surface area contributed by atoms with E-state index in [1.807, 2.05) is 6.92 Å². The Morgan fingerprint density at radius 2 is 1.88 bits per heavy atom. The molecule has 7 heteroatoms. The normalized spacial score (nSPS) is 15.5. The highest BCUT2D eigenvalue weighted by Gasteiger charge is 2.18. The van der Waals surface area contributed by atoms with E-state index in [1.165, 1.54) is 6.42 Å². The van der Waals surface area contributed by atoms with Gasteiger partial charge in [0.1, 0.15) is 5.60 Å². The lowest BCUT2D eigenvalue weighted by Crippen LogP contribution is -2.37. The minimum atomic E-state index is -0.576. The van der Waals surface area contributed by atoms with Gasteiger partial charge >= 0.3 is 6.09 Å². The molecule has 138 valence electrons. The van der Waals surface area contributed by atoms with Crippen molar-refractivity contribution in [3.8, 4) is 0 Å². The third-order valence-electron chi connectivity index (χ3n) is 3.82. The maximum absolute atomic E-state index is 12.3. The quantitative estimate of drug-likeness (QED) is 0.873. The first kappa shape index (κ1) is 19.2. The number of nitrogens with zero attached hydrogens (tertiary/aromatic N) is 2. The summed E-state index contributed by atoms with van der Waals surface area (Å²) in [6, 6.07) is 1.69. The van der Waals surface area contributed by atoms with Crippen LogP contribution in [0.2, 0.25) is 0 Å². The molecule has 1 aromatic rings. The summed E-state index contributed by atoms with van der Waals surface area (Å²) < 4.78 is 5.22. The number of ether oxygens (including phenoxy) is 1. The second kappa shape index (κ2) is 8.29. The van der Waals surface area contributed by atoms with Gasteiger partial charge in [-0.05, 0) is 59.7 Å². The number of pyridine rings is 1. The lowest BCUT2D eigenvalue weighted by Gasteiger charge is -2.25. The summed E-state index contributed by atoms with van der Waals surface area (Å²) in [7, 11) is 0. The summed E-state index contributed by atoms with van der Waals surface area (Å²) in [5, 5.41) is 5.52. The molecule has 1 aliphatic heterocycles. The number of anilines is 2. The fourth-order valence-electron chi connectivity index (χ4n) is 2.66. The van der Waals surface area contributed by atoms with Crippen molar-refractivity contribution < 1.29 is 14.3 Å². The number of aromatic nitrogens is 1. The lowest BCUT2D eigenvalue weighted by molar-refractivity contribution is -0.117. The molecule has 0 unspecified atom stereocenters. The molecule has 0 aromatic carbocycles. The minimum absolute atomic E-state index is 0.0683. The molecule has 1 saturated heterocycles. The SMILES string of the molecule is Cc1ncc(NC(=O)OC(C)(C)C)cc1NC(=O)CN1CCCCC1. The van der Waals surface area contributed by atoms with E-state index in [4.69, 9.17) is 4.74 Å². The number of carbonyl (C=O) groups is 2. The van der Waals surface area contributed by atoms with Crippen LogP contribution in [0.5, 0.6) is 0 Å². The van der Waals surface area contributed by atoms with Gasteiger partial charge in [-0.3, -0.25) is 20.0 Å². The number of hydrogen-bond donors (Lipinski definition) is 2. The molecular formula is C18H28N4O3. The zero-order chi connectivity index (χ0) is 18.4. The Hall–Kier alpha value is -2.15. The highest BCUT2D eigenvalue weighted by Crippen LogP contribution is 2.19. The van der Waals surface area contributed by atoms with Crippen molar-refractivity contribution >= 4 is 23.4 Å². The number of likely N-dealkylation sites (tertiary alicyclic amines) is 1. The van der Waals surface area contributed by atoms with Crippen LogP contribution in [-0.4, -0.2) is 47.1 Å². The average Bonchev–Trinajstić information content (AvgIpc) is 2.49. The minimum Gasteiger partial charge on any atom is -0.444 e. The predicted molar refractivity (Wildman–Crippen MR) is 97.8 cm³/mol. The summed E-state index contributed by atoms with van der Waals surface area (Å²) in [6.45, 7) is 9.51. The molecular weight excluding hydrogens is 320 g/mol. The van der Waals surface area contributed by atoms with Gasteiger partial charge in [-0.2, -0.15) is 0 Å². The molecule has 0 spiro atoms. The second-order valence-electron chi connectivity index (χ2n) is 7.37. The summed E-state index contributed by atoms with van der Waals surface area (Å²) in [5.74, 6) is -0.0683. The maximum atomic E-state index is 12.3. The zero-order valence-corrected chi connectivity index (χ0v) is 15.5.